The van der Waals surface area contributed by atoms with E-state index >= 15 is 0 Å². The van der Waals surface area contributed by atoms with Gasteiger partial charge in [0.25, 0.3) is 5.91 Å². The Morgan fingerprint density at radius 2 is 1.92 bits per heavy atom. The van der Waals surface area contributed by atoms with Crippen molar-refractivity contribution in [3.63, 3.8) is 0 Å². The fourth-order valence-electron chi connectivity index (χ4n) is 8.18. The Morgan fingerprint density at radius 3 is 2.61 bits per heavy atom. The van der Waals surface area contributed by atoms with E-state index in [9.17, 15) is 9.59 Å². The van der Waals surface area contributed by atoms with Crippen LogP contribution >= 0.6 is 0 Å². The Hall–Kier alpha value is -2.08. The molecule has 2 fully saturated rings. The van der Waals surface area contributed by atoms with E-state index in [4.69, 9.17) is 9.47 Å². The van der Waals surface area contributed by atoms with Crippen LogP contribution in [0.5, 0.6) is 5.75 Å². The molecule has 0 saturated heterocycles. The Balaban J connectivity index is 1.41. The second kappa shape index (κ2) is 9.66. The van der Waals surface area contributed by atoms with Crippen LogP contribution in [0.3, 0.4) is 0 Å². The predicted molar refractivity (Wildman–Crippen MR) is 141 cm³/mol. The molecule has 1 aromatic rings. The second-order valence-electron chi connectivity index (χ2n) is 12.4. The molecule has 5 rings (SSSR count). The summed E-state index contributed by atoms with van der Waals surface area (Å²) in [6.07, 6.45) is 6.62. The molecule has 2 saturated carbocycles. The van der Waals surface area contributed by atoms with Gasteiger partial charge in [0, 0.05) is 37.5 Å². The lowest BCUT2D eigenvalue weighted by Gasteiger charge is -2.50. The zero-order valence-electron chi connectivity index (χ0n) is 23.0. The van der Waals surface area contributed by atoms with Crippen LogP contribution in [0, 0.1) is 17.3 Å². The number of aryl methyl sites for hydroxylation is 1. The van der Waals surface area contributed by atoms with Crippen LogP contribution in [0.25, 0.3) is 0 Å². The predicted octanol–water partition coefficient (Wildman–Crippen LogP) is 5.32. The van der Waals surface area contributed by atoms with Crippen molar-refractivity contribution in [2.24, 2.45) is 17.3 Å². The monoisotopic (exact) mass is 496 g/mol. The summed E-state index contributed by atoms with van der Waals surface area (Å²) in [6.45, 7) is 14.4. The van der Waals surface area contributed by atoms with Crippen molar-refractivity contribution in [1.29, 1.82) is 0 Å². The average Bonchev–Trinajstić information content (AvgIpc) is 3.14. The van der Waals surface area contributed by atoms with Crippen molar-refractivity contribution in [3.8, 4) is 5.75 Å². The molecule has 1 aromatic carbocycles. The molecule has 0 unspecified atom stereocenters. The summed E-state index contributed by atoms with van der Waals surface area (Å²) in [6, 6.07) is 5.40. The van der Waals surface area contributed by atoms with Gasteiger partial charge in [-0.2, -0.15) is 0 Å². The first kappa shape index (κ1) is 25.6. The molecule has 36 heavy (non-hydrogen) atoms. The average molecular weight is 497 g/mol. The summed E-state index contributed by atoms with van der Waals surface area (Å²) in [5.74, 6) is 2.48. The van der Waals surface area contributed by atoms with Crippen LogP contribution in [-0.4, -0.2) is 54.7 Å². The van der Waals surface area contributed by atoms with E-state index in [0.717, 1.165) is 50.1 Å². The van der Waals surface area contributed by atoms with Gasteiger partial charge >= 0.3 is 5.97 Å². The first-order chi connectivity index (χ1) is 17.1. The number of benzene rings is 1. The van der Waals surface area contributed by atoms with Crippen molar-refractivity contribution in [2.45, 2.75) is 104 Å². The Kier molecular flexibility index (Phi) is 6.86. The van der Waals surface area contributed by atoms with Gasteiger partial charge in [-0.25, -0.2) is 0 Å². The van der Waals surface area contributed by atoms with Crippen LogP contribution in [-0.2, 0) is 20.7 Å². The molecule has 1 aliphatic heterocycles. The van der Waals surface area contributed by atoms with E-state index < -0.39 is 0 Å². The van der Waals surface area contributed by atoms with Gasteiger partial charge in [0.1, 0.15) is 11.9 Å². The number of carbonyl (C=O) groups is 2. The third-order valence-electron chi connectivity index (χ3n) is 9.88. The van der Waals surface area contributed by atoms with Gasteiger partial charge in [0.05, 0.1) is 5.69 Å². The molecule has 3 aliphatic carbocycles. The summed E-state index contributed by atoms with van der Waals surface area (Å²) in [5.41, 5.74) is 3.86. The Labute approximate surface area is 216 Å². The number of amides is 1. The van der Waals surface area contributed by atoms with E-state index in [1.165, 1.54) is 17.5 Å². The number of carbonyl (C=O) groups excluding carboxylic acids is 2. The van der Waals surface area contributed by atoms with Crippen molar-refractivity contribution < 1.29 is 19.1 Å². The SMILES string of the molecule is CC(=O)O[C@H]1CC[C@H]2[C@@H]3CCc4cc5c(cc4[C@H]3CC[C@]12C)N(CCN(C(C)C)C(C)C)C(=O)CO5. The van der Waals surface area contributed by atoms with Gasteiger partial charge in [-0.3, -0.25) is 14.5 Å². The molecule has 1 heterocycles. The summed E-state index contributed by atoms with van der Waals surface area (Å²) in [4.78, 5) is 29.2. The largest absolute Gasteiger partial charge is 0.482 e. The number of esters is 1. The molecular formula is C30H44N2O4. The van der Waals surface area contributed by atoms with E-state index in [2.05, 4.69) is 51.7 Å². The van der Waals surface area contributed by atoms with Crippen LogP contribution < -0.4 is 9.64 Å². The van der Waals surface area contributed by atoms with Gasteiger partial charge in [-0.1, -0.05) is 6.92 Å². The van der Waals surface area contributed by atoms with Crippen molar-refractivity contribution in [2.75, 3.05) is 24.6 Å². The highest BCUT2D eigenvalue weighted by Crippen LogP contribution is 2.62. The number of ether oxygens (including phenoxy) is 2. The molecular weight excluding hydrogens is 452 g/mol. The number of fused-ring (bicyclic) bond motifs is 6. The van der Waals surface area contributed by atoms with Crippen LogP contribution in [0.1, 0.15) is 90.7 Å². The van der Waals surface area contributed by atoms with Gasteiger partial charge in [-0.15, -0.1) is 0 Å². The summed E-state index contributed by atoms with van der Waals surface area (Å²) < 4.78 is 11.8. The molecule has 0 spiro atoms. The lowest BCUT2D eigenvalue weighted by atomic mass is 9.55. The first-order valence-corrected chi connectivity index (χ1v) is 14.1. The molecule has 6 nitrogen and oxygen atoms in total. The highest BCUT2D eigenvalue weighted by molar-refractivity contribution is 5.98. The third-order valence-corrected chi connectivity index (χ3v) is 9.88. The minimum atomic E-state index is -0.150. The highest BCUT2D eigenvalue weighted by Gasteiger charge is 2.56. The Morgan fingerprint density at radius 1 is 1.17 bits per heavy atom. The van der Waals surface area contributed by atoms with Gasteiger partial charge in [0.2, 0.25) is 0 Å². The lowest BCUT2D eigenvalue weighted by Crippen LogP contribution is -2.47. The summed E-state index contributed by atoms with van der Waals surface area (Å²) >= 11 is 0. The zero-order valence-corrected chi connectivity index (χ0v) is 23.0. The third kappa shape index (κ3) is 4.33. The molecule has 1 amide bonds. The molecule has 5 atom stereocenters. The fourth-order valence-corrected chi connectivity index (χ4v) is 8.18. The maximum Gasteiger partial charge on any atom is 0.302 e. The Bertz CT molecular complexity index is 1010. The molecule has 0 aromatic heterocycles. The first-order valence-electron chi connectivity index (χ1n) is 14.1. The molecule has 0 radical (unpaired) electrons. The summed E-state index contributed by atoms with van der Waals surface area (Å²) in [7, 11) is 0. The molecule has 6 heteroatoms. The smallest absolute Gasteiger partial charge is 0.302 e. The molecule has 0 bridgehead atoms. The summed E-state index contributed by atoms with van der Waals surface area (Å²) in [5, 5.41) is 0. The normalized spacial score (nSPS) is 31.1. The van der Waals surface area contributed by atoms with Gasteiger partial charge in [0.15, 0.2) is 6.61 Å². The zero-order chi connectivity index (χ0) is 25.8. The molecule has 198 valence electrons. The van der Waals surface area contributed by atoms with Crippen molar-refractivity contribution in [1.82, 2.24) is 4.90 Å². The standard InChI is InChI=1S/C30H44N2O4/c1-18(2)31(19(3)4)13-14-32-26-16-24-21(15-27(26)35-17-29(32)34)7-8-23-22(24)11-12-30(6)25(23)9-10-28(30)36-20(5)33/h15-16,18-19,22-23,25,28H,7-14,17H2,1-6H3/t22-,23+,25-,28-,30-/m0/s1. The van der Waals surface area contributed by atoms with E-state index in [0.29, 0.717) is 36.4 Å². The van der Waals surface area contributed by atoms with Crippen LogP contribution in [0.15, 0.2) is 12.1 Å². The number of rotatable bonds is 6. The second-order valence-corrected chi connectivity index (χ2v) is 12.4. The number of nitrogens with zero attached hydrogens (tertiary/aromatic N) is 2. The number of hydrogen-bond acceptors (Lipinski definition) is 5. The van der Waals surface area contributed by atoms with Gasteiger partial charge in [-0.05, 0) is 107 Å². The van der Waals surface area contributed by atoms with E-state index in [1.54, 1.807) is 6.92 Å². The topological polar surface area (TPSA) is 59.1 Å². The molecule has 4 aliphatic rings. The van der Waals surface area contributed by atoms with Crippen LogP contribution in [0.2, 0.25) is 0 Å². The van der Waals surface area contributed by atoms with Gasteiger partial charge < -0.3 is 14.4 Å². The maximum absolute atomic E-state index is 13.0. The van der Waals surface area contributed by atoms with Crippen molar-refractivity contribution in [3.05, 3.63) is 23.3 Å². The lowest BCUT2D eigenvalue weighted by molar-refractivity contribution is -0.154. The highest BCUT2D eigenvalue weighted by atomic mass is 16.5. The quantitative estimate of drug-likeness (QED) is 0.499. The molecule has 0 N–H and O–H groups in total. The minimum Gasteiger partial charge on any atom is -0.482 e. The number of anilines is 1. The van der Waals surface area contributed by atoms with Crippen LogP contribution in [0.4, 0.5) is 5.69 Å². The number of hydrogen-bond donors (Lipinski definition) is 0. The maximum atomic E-state index is 13.0. The van der Waals surface area contributed by atoms with E-state index in [-0.39, 0.29) is 30.0 Å². The van der Waals surface area contributed by atoms with E-state index in [1.807, 2.05) is 4.90 Å². The fraction of sp³-hybridized carbons (Fsp3) is 0.733. The minimum absolute atomic E-state index is 0.0530. The van der Waals surface area contributed by atoms with Crippen molar-refractivity contribution >= 4 is 17.6 Å².